The van der Waals surface area contributed by atoms with Crippen LogP contribution >= 0.6 is 0 Å². The van der Waals surface area contributed by atoms with Crippen molar-refractivity contribution in [3.05, 3.63) is 60.7 Å². The first-order chi connectivity index (χ1) is 15.5. The topological polar surface area (TPSA) is 83.1 Å². The molecule has 0 aliphatic heterocycles. The molecule has 0 aromatic heterocycles. The van der Waals surface area contributed by atoms with Gasteiger partial charge in [0.2, 0.25) is 0 Å². The van der Waals surface area contributed by atoms with E-state index in [2.05, 4.69) is 11.9 Å². The van der Waals surface area contributed by atoms with Crippen molar-refractivity contribution in [1.82, 2.24) is 5.32 Å². The van der Waals surface area contributed by atoms with E-state index in [1.807, 2.05) is 55.5 Å². The quantitative estimate of drug-likeness (QED) is 0.216. The predicted octanol–water partition coefficient (Wildman–Crippen LogP) is 4.62. The highest BCUT2D eigenvalue weighted by molar-refractivity contribution is 6.11. The van der Waals surface area contributed by atoms with Crippen LogP contribution in [0, 0.1) is 0 Å². The molecule has 0 aliphatic rings. The van der Waals surface area contributed by atoms with Gasteiger partial charge in [0.15, 0.2) is 0 Å². The largest absolute Gasteiger partial charge is 0.493 e. The van der Waals surface area contributed by atoms with E-state index in [9.17, 15) is 9.59 Å². The van der Waals surface area contributed by atoms with Crippen LogP contribution in [0.1, 0.15) is 13.8 Å². The highest BCUT2D eigenvalue weighted by Gasteiger charge is 2.17. The Morgan fingerprint density at radius 2 is 1.44 bits per heavy atom. The minimum absolute atomic E-state index is 0.125. The molecule has 0 saturated carbocycles. The van der Waals surface area contributed by atoms with Gasteiger partial charge in [-0.3, -0.25) is 0 Å². The van der Waals surface area contributed by atoms with Crippen molar-refractivity contribution in [3.8, 4) is 11.5 Å². The summed E-state index contributed by atoms with van der Waals surface area (Å²) in [7, 11) is 0. The normalized spacial score (nSPS) is 10.7. The molecule has 0 unspecified atom stereocenters. The maximum absolute atomic E-state index is 12.5. The lowest BCUT2D eigenvalue weighted by Crippen LogP contribution is -2.30. The summed E-state index contributed by atoms with van der Waals surface area (Å²) in [5.74, 6) is 0.794. The molecule has 0 bridgehead atoms. The Labute approximate surface area is 186 Å². The van der Waals surface area contributed by atoms with Crippen LogP contribution in [0.4, 0.5) is 4.79 Å². The molecule has 0 heterocycles. The Morgan fingerprint density at radius 3 is 1.97 bits per heavy atom. The van der Waals surface area contributed by atoms with Crippen LogP contribution in [-0.2, 0) is 14.3 Å². The molecule has 0 spiro atoms. The molecule has 1 N–H and O–H groups in total. The Bertz CT molecular complexity index is 1070. The second-order valence-corrected chi connectivity index (χ2v) is 7.03. The van der Waals surface area contributed by atoms with Gasteiger partial charge in [-0.1, -0.05) is 55.1 Å². The van der Waals surface area contributed by atoms with Crippen LogP contribution in [0.2, 0.25) is 0 Å². The average molecular weight is 437 g/mol. The first-order valence-electron chi connectivity index (χ1n) is 10.4. The molecule has 0 saturated heterocycles. The molecule has 0 radical (unpaired) electrons. The summed E-state index contributed by atoms with van der Waals surface area (Å²) in [5.41, 5.74) is 0.337. The number of fused-ring (bicyclic) bond motifs is 2. The van der Waals surface area contributed by atoms with Gasteiger partial charge < -0.3 is 24.3 Å². The van der Waals surface area contributed by atoms with E-state index < -0.39 is 12.1 Å². The van der Waals surface area contributed by atoms with Gasteiger partial charge in [0.1, 0.15) is 18.1 Å². The van der Waals surface area contributed by atoms with Gasteiger partial charge in [-0.25, -0.2) is 9.59 Å². The van der Waals surface area contributed by atoms with Crippen LogP contribution in [-0.4, -0.2) is 45.0 Å². The molecule has 168 valence electrons. The number of hydrogen-bond donors (Lipinski definition) is 1. The molecular formula is C25H27NO6. The average Bonchev–Trinajstić information content (AvgIpc) is 2.80. The van der Waals surface area contributed by atoms with E-state index in [-0.39, 0.29) is 26.4 Å². The summed E-state index contributed by atoms with van der Waals surface area (Å²) in [4.78, 5) is 23.7. The third-order valence-corrected chi connectivity index (χ3v) is 4.64. The van der Waals surface area contributed by atoms with Crippen molar-refractivity contribution in [2.45, 2.75) is 13.8 Å². The minimum atomic E-state index is -0.582. The highest BCUT2D eigenvalue weighted by atomic mass is 16.6. The van der Waals surface area contributed by atoms with Crippen LogP contribution in [0.25, 0.3) is 21.5 Å². The van der Waals surface area contributed by atoms with Gasteiger partial charge in [-0.2, -0.15) is 0 Å². The van der Waals surface area contributed by atoms with Gasteiger partial charge in [-0.05, 0) is 13.8 Å². The maximum Gasteiger partial charge on any atom is 0.412 e. The standard InChI is InChI=1S/C25H27NO6/c1-4-30-22-18-9-5-7-11-20(18)23(21-12-8-6-10-19(21)22)32-25(28)26-13-14-29-15-16-31-24(27)17(2)3/h5-12H,2,4,13-16H2,1,3H3,(H,26,28). The lowest BCUT2D eigenvalue weighted by atomic mass is 10.0. The number of rotatable bonds is 10. The third kappa shape index (κ3) is 5.56. The molecule has 1 amide bonds. The Morgan fingerprint density at radius 1 is 0.875 bits per heavy atom. The molecule has 0 fully saturated rings. The fourth-order valence-corrected chi connectivity index (χ4v) is 3.23. The zero-order valence-electron chi connectivity index (χ0n) is 18.3. The highest BCUT2D eigenvalue weighted by Crippen LogP contribution is 2.42. The van der Waals surface area contributed by atoms with Crippen molar-refractivity contribution in [2.75, 3.05) is 33.0 Å². The summed E-state index contributed by atoms with van der Waals surface area (Å²) in [6.45, 7) is 8.41. The van der Waals surface area contributed by atoms with Crippen molar-refractivity contribution in [3.63, 3.8) is 0 Å². The van der Waals surface area contributed by atoms with E-state index in [1.165, 1.54) is 0 Å². The Balaban J connectivity index is 1.64. The Hall–Kier alpha value is -3.58. The SMILES string of the molecule is C=C(C)C(=O)OCCOCCNC(=O)Oc1c2ccccc2c(OCC)c2ccccc12. The van der Waals surface area contributed by atoms with Crippen molar-refractivity contribution >= 4 is 33.6 Å². The van der Waals surface area contributed by atoms with E-state index in [0.29, 0.717) is 17.9 Å². The first-order valence-corrected chi connectivity index (χ1v) is 10.4. The van der Waals surface area contributed by atoms with E-state index >= 15 is 0 Å². The number of nitrogens with one attached hydrogen (secondary N) is 1. The van der Waals surface area contributed by atoms with E-state index in [0.717, 1.165) is 27.3 Å². The minimum Gasteiger partial charge on any atom is -0.493 e. The van der Waals surface area contributed by atoms with Gasteiger partial charge in [-0.15, -0.1) is 0 Å². The lowest BCUT2D eigenvalue weighted by molar-refractivity contribution is -0.140. The third-order valence-electron chi connectivity index (χ3n) is 4.64. The fourth-order valence-electron chi connectivity index (χ4n) is 3.23. The second-order valence-electron chi connectivity index (χ2n) is 7.03. The van der Waals surface area contributed by atoms with Crippen molar-refractivity contribution in [1.29, 1.82) is 0 Å². The van der Waals surface area contributed by atoms with Crippen LogP contribution in [0.3, 0.4) is 0 Å². The zero-order valence-corrected chi connectivity index (χ0v) is 18.3. The molecule has 0 aliphatic carbocycles. The first kappa shape index (κ1) is 23.1. The fraction of sp³-hybridized carbons (Fsp3) is 0.280. The van der Waals surface area contributed by atoms with E-state index in [4.69, 9.17) is 18.9 Å². The summed E-state index contributed by atoms with van der Waals surface area (Å²) in [6.07, 6.45) is -0.582. The smallest absolute Gasteiger partial charge is 0.412 e. The number of esters is 1. The molecule has 0 atom stereocenters. The molecule has 3 aromatic carbocycles. The number of carbonyl (C=O) groups is 2. The van der Waals surface area contributed by atoms with Crippen molar-refractivity contribution in [2.24, 2.45) is 0 Å². The van der Waals surface area contributed by atoms with Gasteiger partial charge in [0.25, 0.3) is 0 Å². The molecular weight excluding hydrogens is 410 g/mol. The second kappa shape index (κ2) is 11.2. The van der Waals surface area contributed by atoms with Crippen LogP contribution < -0.4 is 14.8 Å². The summed E-state index contributed by atoms with van der Waals surface area (Å²) < 4.78 is 21.9. The number of carbonyl (C=O) groups excluding carboxylic acids is 2. The summed E-state index contributed by atoms with van der Waals surface area (Å²) >= 11 is 0. The summed E-state index contributed by atoms with van der Waals surface area (Å²) in [5, 5.41) is 6.02. The monoisotopic (exact) mass is 437 g/mol. The summed E-state index contributed by atoms with van der Waals surface area (Å²) in [6, 6.07) is 15.4. The van der Waals surface area contributed by atoms with Crippen LogP contribution in [0.5, 0.6) is 11.5 Å². The number of benzene rings is 3. The molecule has 7 heteroatoms. The molecule has 7 nitrogen and oxygen atoms in total. The Kier molecular flexibility index (Phi) is 8.05. The van der Waals surface area contributed by atoms with Gasteiger partial charge in [0.05, 0.1) is 19.8 Å². The van der Waals surface area contributed by atoms with Crippen molar-refractivity contribution < 1.29 is 28.5 Å². The number of amides is 1. The number of ether oxygens (including phenoxy) is 4. The molecule has 3 aromatic rings. The molecule has 3 rings (SSSR count). The maximum atomic E-state index is 12.5. The van der Waals surface area contributed by atoms with E-state index in [1.54, 1.807) is 6.92 Å². The van der Waals surface area contributed by atoms with Gasteiger partial charge >= 0.3 is 12.1 Å². The van der Waals surface area contributed by atoms with Gasteiger partial charge in [0, 0.05) is 33.7 Å². The lowest BCUT2D eigenvalue weighted by Gasteiger charge is -2.16. The predicted molar refractivity (Wildman–Crippen MR) is 123 cm³/mol. The zero-order chi connectivity index (χ0) is 22.9. The number of hydrogen-bond acceptors (Lipinski definition) is 6. The van der Waals surface area contributed by atoms with Crippen LogP contribution in [0.15, 0.2) is 60.7 Å². The molecule has 32 heavy (non-hydrogen) atoms.